The SMILES string of the molecule is COC1=CC=CC2=CC(C(C)=O)(C(F)(F)F)NN21. The maximum absolute atomic E-state index is 13.1. The van der Waals surface area contributed by atoms with E-state index in [1.165, 1.54) is 19.3 Å². The number of nitrogens with one attached hydrogen (secondary N) is 1. The molecule has 0 bridgehead atoms. The second kappa shape index (κ2) is 3.88. The average molecular weight is 260 g/mol. The molecule has 0 aromatic rings. The van der Waals surface area contributed by atoms with Gasteiger partial charge in [-0.2, -0.15) is 13.2 Å². The standard InChI is InChI=1S/C11H11F3N2O2/c1-7(17)10(11(12,13)14)6-8-4-3-5-9(18-2)16(8)15-10/h3-6,15H,1-2H3. The van der Waals surface area contributed by atoms with Gasteiger partial charge in [-0.1, -0.05) is 6.08 Å². The van der Waals surface area contributed by atoms with E-state index in [4.69, 9.17) is 4.74 Å². The summed E-state index contributed by atoms with van der Waals surface area (Å²) in [6.45, 7) is 0.899. The Bertz CT molecular complexity index is 479. The maximum Gasteiger partial charge on any atom is 0.419 e. The number of fused-ring (bicyclic) bond motifs is 1. The van der Waals surface area contributed by atoms with E-state index in [2.05, 4.69) is 5.43 Å². The number of methoxy groups -OCH3 is 1. The molecule has 0 spiro atoms. The number of hydrogen-bond acceptors (Lipinski definition) is 4. The molecule has 1 atom stereocenters. The van der Waals surface area contributed by atoms with Gasteiger partial charge in [0, 0.05) is 0 Å². The molecule has 0 amide bonds. The van der Waals surface area contributed by atoms with Crippen LogP contribution in [0.3, 0.4) is 0 Å². The summed E-state index contributed by atoms with van der Waals surface area (Å²) in [6.07, 6.45) is 0.645. The van der Waals surface area contributed by atoms with Crippen LogP contribution in [-0.2, 0) is 9.53 Å². The van der Waals surface area contributed by atoms with Gasteiger partial charge in [0.15, 0.2) is 5.78 Å². The van der Waals surface area contributed by atoms with Crippen molar-refractivity contribution < 1.29 is 22.7 Å². The minimum Gasteiger partial charge on any atom is -0.481 e. The molecular formula is C11H11F3N2O2. The highest BCUT2D eigenvalue weighted by Gasteiger charge is 2.61. The van der Waals surface area contributed by atoms with Crippen molar-refractivity contribution in [1.29, 1.82) is 0 Å². The molecule has 0 fully saturated rings. The second-order valence-electron chi connectivity index (χ2n) is 3.95. The highest BCUT2D eigenvalue weighted by molar-refractivity contribution is 5.90. The van der Waals surface area contributed by atoms with Crippen molar-refractivity contribution in [2.45, 2.75) is 18.6 Å². The van der Waals surface area contributed by atoms with Crippen LogP contribution < -0.4 is 5.43 Å². The van der Waals surface area contributed by atoms with Crippen LogP contribution in [0, 0.1) is 0 Å². The molecule has 0 saturated carbocycles. The number of carbonyl (C=O) groups is 1. The summed E-state index contributed by atoms with van der Waals surface area (Å²) in [6, 6.07) is 0. The van der Waals surface area contributed by atoms with E-state index < -0.39 is 17.5 Å². The van der Waals surface area contributed by atoms with Gasteiger partial charge in [-0.3, -0.25) is 4.79 Å². The first-order chi connectivity index (χ1) is 8.32. The fraction of sp³-hybridized carbons (Fsp3) is 0.364. The average Bonchev–Trinajstić information content (AvgIpc) is 2.68. The minimum atomic E-state index is -4.73. The number of rotatable bonds is 2. The van der Waals surface area contributed by atoms with E-state index in [1.807, 2.05) is 0 Å². The van der Waals surface area contributed by atoms with E-state index in [0.717, 1.165) is 18.0 Å². The lowest BCUT2D eigenvalue weighted by atomic mass is 9.95. The predicted octanol–water partition coefficient (Wildman–Crippen LogP) is 1.64. The summed E-state index contributed by atoms with van der Waals surface area (Å²) in [4.78, 5) is 11.4. The third-order valence-electron chi connectivity index (χ3n) is 2.85. The molecule has 7 heteroatoms. The van der Waals surface area contributed by atoms with Crippen LogP contribution in [0.4, 0.5) is 13.2 Å². The lowest BCUT2D eigenvalue weighted by Crippen LogP contribution is -2.61. The van der Waals surface area contributed by atoms with Crippen molar-refractivity contribution in [2.24, 2.45) is 0 Å². The lowest BCUT2D eigenvalue weighted by molar-refractivity contribution is -0.190. The first-order valence-electron chi connectivity index (χ1n) is 5.13. The number of allylic oxidation sites excluding steroid dienone is 3. The molecule has 0 aliphatic carbocycles. The topological polar surface area (TPSA) is 41.6 Å². The number of ketones is 1. The molecule has 2 heterocycles. The van der Waals surface area contributed by atoms with Gasteiger partial charge < -0.3 is 4.74 Å². The van der Waals surface area contributed by atoms with E-state index in [-0.39, 0.29) is 11.6 Å². The zero-order chi connectivity index (χ0) is 13.6. The van der Waals surface area contributed by atoms with Crippen molar-refractivity contribution in [3.63, 3.8) is 0 Å². The fourth-order valence-electron chi connectivity index (χ4n) is 1.85. The molecule has 0 saturated heterocycles. The first kappa shape index (κ1) is 12.7. The number of hydrogen-bond donors (Lipinski definition) is 1. The van der Waals surface area contributed by atoms with Crippen LogP contribution in [0.1, 0.15) is 6.92 Å². The van der Waals surface area contributed by atoms with E-state index in [9.17, 15) is 18.0 Å². The summed E-state index contributed by atoms with van der Waals surface area (Å²) >= 11 is 0. The number of ether oxygens (including phenoxy) is 1. The summed E-state index contributed by atoms with van der Waals surface area (Å²) in [5.41, 5.74) is -0.307. The molecule has 4 nitrogen and oxygen atoms in total. The summed E-state index contributed by atoms with van der Waals surface area (Å²) in [5.74, 6) is -0.836. The van der Waals surface area contributed by atoms with Gasteiger partial charge in [0.2, 0.25) is 11.4 Å². The fourth-order valence-corrected chi connectivity index (χ4v) is 1.85. The van der Waals surface area contributed by atoms with Crippen LogP contribution in [0.5, 0.6) is 0 Å². The summed E-state index contributed by atoms with van der Waals surface area (Å²) in [5, 5.41) is 1.11. The molecule has 98 valence electrons. The Morgan fingerprint density at radius 2 is 2.17 bits per heavy atom. The number of carbonyl (C=O) groups excluding carboxylic acids is 1. The maximum atomic E-state index is 13.1. The Hall–Kier alpha value is -1.76. The number of nitrogens with zero attached hydrogens (tertiary/aromatic N) is 1. The molecule has 2 aliphatic rings. The number of Topliss-reactive ketones (excluding diaryl/α,β-unsaturated/α-hetero) is 1. The molecular weight excluding hydrogens is 249 g/mol. The lowest BCUT2D eigenvalue weighted by Gasteiger charge is -2.31. The van der Waals surface area contributed by atoms with Gasteiger partial charge in [-0.05, 0) is 25.2 Å². The Labute approximate surface area is 101 Å². The van der Waals surface area contributed by atoms with Gasteiger partial charge in [-0.25, -0.2) is 10.4 Å². The molecule has 1 N–H and O–H groups in total. The zero-order valence-corrected chi connectivity index (χ0v) is 9.71. The molecule has 0 radical (unpaired) electrons. The van der Waals surface area contributed by atoms with E-state index in [1.54, 1.807) is 6.08 Å². The Balaban J connectivity index is 2.47. The molecule has 0 aromatic heterocycles. The van der Waals surface area contributed by atoms with Crippen LogP contribution in [-0.4, -0.2) is 29.6 Å². The van der Waals surface area contributed by atoms with Gasteiger partial charge in [0.1, 0.15) is 0 Å². The smallest absolute Gasteiger partial charge is 0.419 e. The van der Waals surface area contributed by atoms with E-state index >= 15 is 0 Å². The highest BCUT2D eigenvalue weighted by atomic mass is 19.4. The Morgan fingerprint density at radius 3 is 2.67 bits per heavy atom. The molecule has 18 heavy (non-hydrogen) atoms. The summed E-state index contributed by atoms with van der Waals surface area (Å²) < 4.78 is 44.2. The third-order valence-corrected chi connectivity index (χ3v) is 2.85. The van der Waals surface area contributed by atoms with E-state index in [0.29, 0.717) is 0 Å². The van der Waals surface area contributed by atoms with Crippen molar-refractivity contribution in [3.05, 3.63) is 35.9 Å². The van der Waals surface area contributed by atoms with Gasteiger partial charge in [0.05, 0.1) is 12.8 Å². The Kier molecular flexibility index (Phi) is 2.73. The molecule has 1 unspecified atom stereocenters. The monoisotopic (exact) mass is 260 g/mol. The number of halogens is 3. The Morgan fingerprint density at radius 1 is 1.50 bits per heavy atom. The van der Waals surface area contributed by atoms with Crippen LogP contribution in [0.2, 0.25) is 0 Å². The quantitative estimate of drug-likeness (QED) is 0.819. The number of alkyl halides is 3. The van der Waals surface area contributed by atoms with Crippen LogP contribution in [0.25, 0.3) is 0 Å². The van der Waals surface area contributed by atoms with Gasteiger partial charge in [-0.15, -0.1) is 0 Å². The number of hydrazine groups is 1. The summed E-state index contributed by atoms with van der Waals surface area (Å²) in [7, 11) is 1.34. The largest absolute Gasteiger partial charge is 0.481 e. The molecule has 2 rings (SSSR count). The molecule has 2 aliphatic heterocycles. The van der Waals surface area contributed by atoms with Crippen molar-refractivity contribution >= 4 is 5.78 Å². The van der Waals surface area contributed by atoms with Crippen LogP contribution in [0.15, 0.2) is 35.9 Å². The highest BCUT2D eigenvalue weighted by Crippen LogP contribution is 2.39. The normalized spacial score (nSPS) is 26.6. The predicted molar refractivity (Wildman–Crippen MR) is 56.8 cm³/mol. The van der Waals surface area contributed by atoms with Crippen molar-refractivity contribution in [2.75, 3.05) is 7.11 Å². The van der Waals surface area contributed by atoms with Gasteiger partial charge in [0.25, 0.3) is 0 Å². The third kappa shape index (κ3) is 1.62. The molecule has 0 aromatic carbocycles. The second-order valence-corrected chi connectivity index (χ2v) is 3.95. The van der Waals surface area contributed by atoms with Crippen LogP contribution >= 0.6 is 0 Å². The van der Waals surface area contributed by atoms with Crippen molar-refractivity contribution in [1.82, 2.24) is 10.4 Å². The van der Waals surface area contributed by atoms with Gasteiger partial charge >= 0.3 is 6.18 Å². The van der Waals surface area contributed by atoms with Crippen molar-refractivity contribution in [3.8, 4) is 0 Å². The first-order valence-corrected chi connectivity index (χ1v) is 5.13. The zero-order valence-electron chi connectivity index (χ0n) is 9.71. The minimum absolute atomic E-state index is 0.191.